The Hall–Kier alpha value is -3.10. The topological polar surface area (TPSA) is 74.5 Å². The molecule has 1 aromatic heterocycles. The first kappa shape index (κ1) is 21.1. The summed E-state index contributed by atoms with van der Waals surface area (Å²) in [6.45, 7) is 7.44. The van der Waals surface area contributed by atoms with Crippen molar-refractivity contribution in [2.45, 2.75) is 19.9 Å². The number of amides is 1. The molecule has 2 aromatic carbocycles. The van der Waals surface area contributed by atoms with Gasteiger partial charge in [-0.25, -0.2) is 4.39 Å². The summed E-state index contributed by atoms with van der Waals surface area (Å²) in [5, 5.41) is 11.2. The minimum Gasteiger partial charge on any atom is -0.419 e. The predicted molar refractivity (Wildman–Crippen MR) is 116 cm³/mol. The molecule has 1 aliphatic rings. The largest absolute Gasteiger partial charge is 0.419 e. The maximum atomic E-state index is 13.3. The molecule has 1 fully saturated rings. The van der Waals surface area contributed by atoms with Crippen molar-refractivity contribution < 1.29 is 13.6 Å². The van der Waals surface area contributed by atoms with Gasteiger partial charge in [-0.3, -0.25) is 14.6 Å². The maximum absolute atomic E-state index is 13.3. The second-order valence-electron chi connectivity index (χ2n) is 7.86. The molecule has 0 radical (unpaired) electrons. The average Bonchev–Trinajstić information content (AvgIpc) is 3.24. The van der Waals surface area contributed by atoms with E-state index >= 15 is 0 Å². The summed E-state index contributed by atoms with van der Waals surface area (Å²) < 4.78 is 19.2. The highest BCUT2D eigenvalue weighted by atomic mass is 19.1. The molecular formula is C23H26FN5O2. The molecule has 1 saturated heterocycles. The van der Waals surface area contributed by atoms with E-state index in [1.807, 2.05) is 31.2 Å². The zero-order valence-corrected chi connectivity index (χ0v) is 17.7. The van der Waals surface area contributed by atoms with Crippen molar-refractivity contribution >= 4 is 11.6 Å². The highest BCUT2D eigenvalue weighted by Crippen LogP contribution is 2.25. The van der Waals surface area contributed by atoms with Crippen LogP contribution in [0.25, 0.3) is 11.5 Å². The lowest BCUT2D eigenvalue weighted by atomic mass is 10.1. The maximum Gasteiger partial charge on any atom is 0.247 e. The number of carbonyl (C=O) groups excluding carboxylic acids is 1. The van der Waals surface area contributed by atoms with Crippen LogP contribution in [0, 0.1) is 12.7 Å². The number of carbonyl (C=O) groups is 1. The Morgan fingerprint density at radius 2 is 1.90 bits per heavy atom. The Morgan fingerprint density at radius 1 is 1.13 bits per heavy atom. The molecule has 0 aliphatic carbocycles. The molecule has 0 bridgehead atoms. The van der Waals surface area contributed by atoms with Crippen LogP contribution in [-0.2, 0) is 4.79 Å². The molecule has 1 atom stereocenters. The Morgan fingerprint density at radius 3 is 2.65 bits per heavy atom. The second kappa shape index (κ2) is 9.36. The molecule has 7 nitrogen and oxygen atoms in total. The molecule has 1 amide bonds. The Labute approximate surface area is 180 Å². The fourth-order valence-electron chi connectivity index (χ4n) is 3.73. The first-order valence-electron chi connectivity index (χ1n) is 10.4. The molecule has 4 rings (SSSR count). The van der Waals surface area contributed by atoms with Crippen molar-refractivity contribution in [3.05, 3.63) is 65.8 Å². The van der Waals surface area contributed by atoms with Crippen molar-refractivity contribution in [2.75, 3.05) is 38.0 Å². The number of hydrogen-bond acceptors (Lipinski definition) is 6. The van der Waals surface area contributed by atoms with Crippen molar-refractivity contribution in [3.63, 3.8) is 0 Å². The quantitative estimate of drug-likeness (QED) is 0.654. The third kappa shape index (κ3) is 5.34. The molecule has 1 N–H and O–H groups in total. The fraction of sp³-hybridized carbons (Fsp3) is 0.348. The summed E-state index contributed by atoms with van der Waals surface area (Å²) in [4.78, 5) is 16.6. The van der Waals surface area contributed by atoms with Crippen LogP contribution in [0.5, 0.6) is 0 Å². The summed E-state index contributed by atoms with van der Waals surface area (Å²) in [7, 11) is 0. The van der Waals surface area contributed by atoms with Gasteiger partial charge in [0.1, 0.15) is 5.82 Å². The van der Waals surface area contributed by atoms with Crippen LogP contribution >= 0.6 is 0 Å². The third-order valence-corrected chi connectivity index (χ3v) is 5.49. The zero-order valence-electron chi connectivity index (χ0n) is 17.7. The van der Waals surface area contributed by atoms with E-state index in [-0.39, 0.29) is 24.3 Å². The van der Waals surface area contributed by atoms with Gasteiger partial charge in [-0.1, -0.05) is 23.8 Å². The number of aryl methyl sites for hydroxylation is 1. The van der Waals surface area contributed by atoms with Gasteiger partial charge >= 0.3 is 0 Å². The van der Waals surface area contributed by atoms with Gasteiger partial charge in [-0.15, -0.1) is 10.2 Å². The van der Waals surface area contributed by atoms with Crippen LogP contribution in [-0.4, -0.2) is 58.6 Å². The lowest BCUT2D eigenvalue weighted by Gasteiger charge is -2.36. The number of anilines is 1. The van der Waals surface area contributed by atoms with E-state index in [9.17, 15) is 9.18 Å². The number of hydrogen-bond donors (Lipinski definition) is 1. The van der Waals surface area contributed by atoms with Crippen LogP contribution < -0.4 is 5.32 Å². The zero-order chi connectivity index (χ0) is 21.8. The highest BCUT2D eigenvalue weighted by Gasteiger charge is 2.26. The molecule has 8 heteroatoms. The summed E-state index contributed by atoms with van der Waals surface area (Å²) in [6, 6.07) is 13.9. The Bertz CT molecular complexity index is 1050. The van der Waals surface area contributed by atoms with E-state index in [2.05, 4.69) is 32.2 Å². The Kier molecular flexibility index (Phi) is 6.39. The Balaban J connectivity index is 1.29. The minimum atomic E-state index is -0.369. The number of rotatable bonds is 6. The number of nitrogens with zero attached hydrogens (tertiary/aromatic N) is 4. The van der Waals surface area contributed by atoms with Gasteiger partial charge in [-0.05, 0) is 44.2 Å². The number of halogens is 1. The monoisotopic (exact) mass is 423 g/mol. The van der Waals surface area contributed by atoms with Gasteiger partial charge in [0.25, 0.3) is 0 Å². The molecular weight excluding hydrogens is 397 g/mol. The summed E-state index contributed by atoms with van der Waals surface area (Å²) in [5.74, 6) is 0.603. The first-order valence-corrected chi connectivity index (χ1v) is 10.4. The number of aromatic nitrogens is 2. The molecule has 1 aliphatic heterocycles. The lowest BCUT2D eigenvalue weighted by Crippen LogP contribution is -2.49. The smallest absolute Gasteiger partial charge is 0.247 e. The third-order valence-electron chi connectivity index (χ3n) is 5.49. The van der Waals surface area contributed by atoms with Gasteiger partial charge in [-0.2, -0.15) is 0 Å². The van der Waals surface area contributed by atoms with Gasteiger partial charge < -0.3 is 9.73 Å². The van der Waals surface area contributed by atoms with Gasteiger partial charge in [0.2, 0.25) is 17.7 Å². The summed E-state index contributed by atoms with van der Waals surface area (Å²) in [5.41, 5.74) is 2.53. The lowest BCUT2D eigenvalue weighted by molar-refractivity contribution is -0.117. The van der Waals surface area contributed by atoms with Crippen molar-refractivity contribution in [3.8, 4) is 11.5 Å². The first-order chi connectivity index (χ1) is 15.0. The highest BCUT2D eigenvalue weighted by molar-refractivity contribution is 5.92. The van der Waals surface area contributed by atoms with Crippen LogP contribution in [0.2, 0.25) is 0 Å². The molecule has 2 heterocycles. The molecule has 0 unspecified atom stereocenters. The summed E-state index contributed by atoms with van der Waals surface area (Å²) in [6.07, 6.45) is 0. The average molecular weight is 423 g/mol. The fourth-order valence-corrected chi connectivity index (χ4v) is 3.73. The predicted octanol–water partition coefficient (Wildman–Crippen LogP) is 3.50. The van der Waals surface area contributed by atoms with Gasteiger partial charge in [0.05, 0.1) is 12.6 Å². The summed E-state index contributed by atoms with van der Waals surface area (Å²) >= 11 is 0. The number of benzene rings is 2. The van der Waals surface area contributed by atoms with Crippen LogP contribution in [0.4, 0.5) is 10.1 Å². The van der Waals surface area contributed by atoms with Crippen LogP contribution in [0.1, 0.15) is 24.4 Å². The van der Waals surface area contributed by atoms with E-state index in [1.54, 1.807) is 12.1 Å². The van der Waals surface area contributed by atoms with Gasteiger partial charge in [0, 0.05) is 37.4 Å². The number of piperazine rings is 1. The van der Waals surface area contributed by atoms with E-state index in [4.69, 9.17) is 4.42 Å². The molecule has 0 spiro atoms. The SMILES string of the molecule is Cc1cccc(-c2nnc([C@H](C)N3CCN(CC(=O)Nc4cccc(F)c4)CC3)o2)c1. The van der Waals surface area contributed by atoms with E-state index < -0.39 is 0 Å². The minimum absolute atomic E-state index is 0.00525. The van der Waals surface area contributed by atoms with Crippen molar-refractivity contribution in [1.82, 2.24) is 20.0 Å². The van der Waals surface area contributed by atoms with Crippen LogP contribution in [0.3, 0.4) is 0 Å². The normalized spacial score (nSPS) is 16.2. The molecule has 162 valence electrons. The van der Waals surface area contributed by atoms with Crippen molar-refractivity contribution in [1.29, 1.82) is 0 Å². The molecule has 0 saturated carbocycles. The second-order valence-corrected chi connectivity index (χ2v) is 7.86. The number of nitrogens with one attached hydrogen (secondary N) is 1. The van der Waals surface area contributed by atoms with E-state index in [0.717, 1.165) is 37.3 Å². The standard InChI is InChI=1S/C23H26FN5O2/c1-16-5-3-6-18(13-16)23-27-26-22(31-23)17(2)29-11-9-28(10-12-29)15-21(30)25-20-8-4-7-19(24)14-20/h3-8,13-14,17H,9-12,15H2,1-2H3,(H,25,30)/t17-/m0/s1. The van der Waals surface area contributed by atoms with Crippen LogP contribution in [0.15, 0.2) is 52.9 Å². The molecule has 3 aromatic rings. The van der Waals surface area contributed by atoms with Crippen molar-refractivity contribution in [2.24, 2.45) is 0 Å². The van der Waals surface area contributed by atoms with E-state index in [1.165, 1.54) is 12.1 Å². The van der Waals surface area contributed by atoms with E-state index in [0.29, 0.717) is 17.5 Å². The van der Waals surface area contributed by atoms with Gasteiger partial charge in [0.15, 0.2) is 0 Å². The molecule has 31 heavy (non-hydrogen) atoms.